The average molecular weight is 263 g/mol. The van der Waals surface area contributed by atoms with Crippen LogP contribution in [0.3, 0.4) is 0 Å². The zero-order valence-corrected chi connectivity index (χ0v) is 11.2. The summed E-state index contributed by atoms with van der Waals surface area (Å²) in [5.41, 5.74) is -0.0654. The Morgan fingerprint density at radius 1 is 1.37 bits per heavy atom. The van der Waals surface area contributed by atoms with Gasteiger partial charge in [0.15, 0.2) is 0 Å². The van der Waals surface area contributed by atoms with Crippen molar-refractivity contribution in [2.24, 2.45) is 5.92 Å². The number of hydrogen-bond donors (Lipinski definition) is 2. The molecule has 0 amide bonds. The van der Waals surface area contributed by atoms with Gasteiger partial charge >= 0.3 is 0 Å². The van der Waals surface area contributed by atoms with Crippen molar-refractivity contribution in [1.82, 2.24) is 9.97 Å². The summed E-state index contributed by atoms with van der Waals surface area (Å²) >= 11 is 0. The Hall–Kier alpha value is -1.36. The highest BCUT2D eigenvalue weighted by Gasteiger charge is 2.26. The van der Waals surface area contributed by atoms with Crippen molar-refractivity contribution < 1.29 is 4.74 Å². The molecule has 0 unspecified atom stereocenters. The maximum atomic E-state index is 11.5. The van der Waals surface area contributed by atoms with Crippen LogP contribution in [-0.4, -0.2) is 29.7 Å². The quantitative estimate of drug-likeness (QED) is 0.703. The van der Waals surface area contributed by atoms with E-state index >= 15 is 0 Å². The molecule has 1 aromatic heterocycles. The molecule has 1 heterocycles. The third kappa shape index (κ3) is 4.06. The van der Waals surface area contributed by atoms with Gasteiger partial charge in [0.2, 0.25) is 0 Å². The number of anilines is 1. The monoisotopic (exact) mass is 263 g/mol. The molecule has 5 nitrogen and oxygen atoms in total. The van der Waals surface area contributed by atoms with Crippen LogP contribution in [0.5, 0.6) is 0 Å². The van der Waals surface area contributed by atoms with E-state index in [2.05, 4.69) is 15.3 Å². The highest BCUT2D eigenvalue weighted by molar-refractivity contribution is 5.33. The van der Waals surface area contributed by atoms with Crippen LogP contribution in [0.25, 0.3) is 0 Å². The molecule has 19 heavy (non-hydrogen) atoms. The van der Waals surface area contributed by atoms with Crippen molar-refractivity contribution in [1.29, 1.82) is 0 Å². The largest absolute Gasteiger partial charge is 0.381 e. The van der Waals surface area contributed by atoms with Gasteiger partial charge in [0.25, 0.3) is 5.56 Å². The Morgan fingerprint density at radius 2 is 2.21 bits per heavy atom. The van der Waals surface area contributed by atoms with Gasteiger partial charge in [-0.15, -0.1) is 0 Å². The van der Waals surface area contributed by atoms with E-state index in [9.17, 15) is 4.79 Å². The van der Waals surface area contributed by atoms with E-state index in [0.29, 0.717) is 11.7 Å². The molecular weight excluding hydrogens is 242 g/mol. The zero-order chi connectivity index (χ0) is 13.1. The van der Waals surface area contributed by atoms with E-state index in [1.54, 1.807) is 0 Å². The first kappa shape index (κ1) is 12.7. The molecule has 3 rings (SSSR count). The molecule has 0 aliphatic heterocycles. The minimum atomic E-state index is -0.0654. The summed E-state index contributed by atoms with van der Waals surface area (Å²) < 4.78 is 5.56. The molecular formula is C14H21N3O2. The molecule has 0 bridgehead atoms. The fraction of sp³-hybridized carbons (Fsp3) is 0.714. The lowest BCUT2D eigenvalue weighted by Crippen LogP contribution is -2.14. The summed E-state index contributed by atoms with van der Waals surface area (Å²) in [6, 6.07) is 1.52. The second-order valence-corrected chi connectivity index (χ2v) is 5.59. The minimum Gasteiger partial charge on any atom is -0.381 e. The first-order valence-corrected chi connectivity index (χ1v) is 7.24. The highest BCUT2D eigenvalue weighted by Crippen LogP contribution is 2.37. The van der Waals surface area contributed by atoms with Crippen LogP contribution in [0.1, 0.15) is 43.8 Å². The third-order valence-corrected chi connectivity index (χ3v) is 3.55. The van der Waals surface area contributed by atoms with Crippen LogP contribution in [0, 0.1) is 5.92 Å². The van der Waals surface area contributed by atoms with Gasteiger partial charge in [0.1, 0.15) is 11.6 Å². The predicted molar refractivity (Wildman–Crippen MR) is 73.5 cm³/mol. The van der Waals surface area contributed by atoms with Crippen molar-refractivity contribution >= 4 is 5.82 Å². The van der Waals surface area contributed by atoms with Gasteiger partial charge in [-0.1, -0.05) is 0 Å². The molecule has 0 atom stereocenters. The Kier molecular flexibility index (Phi) is 3.82. The lowest BCUT2D eigenvalue weighted by atomic mass is 10.4. The fourth-order valence-corrected chi connectivity index (χ4v) is 2.04. The fourth-order valence-electron chi connectivity index (χ4n) is 2.04. The van der Waals surface area contributed by atoms with Gasteiger partial charge in [-0.25, -0.2) is 4.98 Å². The highest BCUT2D eigenvalue weighted by atomic mass is 16.5. The Morgan fingerprint density at radius 3 is 2.95 bits per heavy atom. The van der Waals surface area contributed by atoms with Crippen LogP contribution in [0.15, 0.2) is 10.9 Å². The normalized spacial score (nSPS) is 18.5. The molecule has 2 N–H and O–H groups in total. The van der Waals surface area contributed by atoms with Crippen LogP contribution >= 0.6 is 0 Å². The lowest BCUT2D eigenvalue weighted by Gasteiger charge is -2.07. The van der Waals surface area contributed by atoms with Crippen LogP contribution in [0.2, 0.25) is 0 Å². The number of aromatic amines is 1. The number of nitrogens with zero attached hydrogens (tertiary/aromatic N) is 1. The SMILES string of the molecule is O=c1cc(NCCCOCC2CC2)nc(C2CC2)[nH]1. The Labute approximate surface area is 112 Å². The molecule has 104 valence electrons. The zero-order valence-electron chi connectivity index (χ0n) is 11.2. The number of ether oxygens (including phenoxy) is 1. The molecule has 2 aliphatic rings. The molecule has 2 saturated carbocycles. The second-order valence-electron chi connectivity index (χ2n) is 5.59. The first-order chi connectivity index (χ1) is 9.31. The molecule has 2 fully saturated rings. The molecule has 1 aromatic rings. The minimum absolute atomic E-state index is 0.0654. The summed E-state index contributed by atoms with van der Waals surface area (Å²) in [5.74, 6) is 2.81. The number of rotatable bonds is 8. The summed E-state index contributed by atoms with van der Waals surface area (Å²) in [6.07, 6.45) is 5.89. The number of hydrogen-bond acceptors (Lipinski definition) is 4. The van der Waals surface area contributed by atoms with Gasteiger partial charge in [-0.05, 0) is 38.0 Å². The lowest BCUT2D eigenvalue weighted by molar-refractivity contribution is 0.124. The van der Waals surface area contributed by atoms with Crippen LogP contribution in [-0.2, 0) is 4.74 Å². The third-order valence-electron chi connectivity index (χ3n) is 3.55. The molecule has 0 saturated heterocycles. The summed E-state index contributed by atoms with van der Waals surface area (Å²) in [5, 5.41) is 3.20. The van der Waals surface area contributed by atoms with E-state index in [1.807, 2.05) is 0 Å². The standard InChI is InChI=1S/C14H21N3O2/c18-13-8-12(16-14(17-13)11-4-5-11)15-6-1-7-19-9-10-2-3-10/h8,10-11H,1-7,9H2,(H2,15,16,17,18). The maximum Gasteiger partial charge on any atom is 0.252 e. The topological polar surface area (TPSA) is 67.0 Å². The Balaban J connectivity index is 1.39. The molecule has 0 aromatic carbocycles. The predicted octanol–water partition coefficient (Wildman–Crippen LogP) is 1.88. The van der Waals surface area contributed by atoms with E-state index in [4.69, 9.17) is 4.74 Å². The maximum absolute atomic E-state index is 11.5. The summed E-state index contributed by atoms with van der Waals surface area (Å²) in [4.78, 5) is 18.8. The summed E-state index contributed by atoms with van der Waals surface area (Å²) in [6.45, 7) is 2.49. The van der Waals surface area contributed by atoms with E-state index in [-0.39, 0.29) is 5.56 Å². The first-order valence-electron chi connectivity index (χ1n) is 7.24. The molecule has 5 heteroatoms. The van der Waals surface area contributed by atoms with Crippen molar-refractivity contribution in [3.63, 3.8) is 0 Å². The number of H-pyrrole nitrogens is 1. The van der Waals surface area contributed by atoms with Gasteiger partial charge in [-0.3, -0.25) is 4.79 Å². The van der Waals surface area contributed by atoms with Crippen LogP contribution in [0.4, 0.5) is 5.82 Å². The Bertz CT molecular complexity index is 478. The number of nitrogens with one attached hydrogen (secondary N) is 2. The molecule has 2 aliphatic carbocycles. The smallest absolute Gasteiger partial charge is 0.252 e. The van der Waals surface area contributed by atoms with Crippen molar-refractivity contribution in [3.8, 4) is 0 Å². The molecule has 0 radical (unpaired) electrons. The molecule has 0 spiro atoms. The van der Waals surface area contributed by atoms with Gasteiger partial charge in [0.05, 0.1) is 0 Å². The van der Waals surface area contributed by atoms with Gasteiger partial charge < -0.3 is 15.0 Å². The van der Waals surface area contributed by atoms with Crippen molar-refractivity contribution in [3.05, 3.63) is 22.2 Å². The second kappa shape index (κ2) is 5.74. The van der Waals surface area contributed by atoms with Crippen LogP contribution < -0.4 is 10.9 Å². The van der Waals surface area contributed by atoms with E-state index < -0.39 is 0 Å². The van der Waals surface area contributed by atoms with Gasteiger partial charge in [0, 0.05) is 31.7 Å². The average Bonchev–Trinajstić information content (AvgIpc) is 3.27. The van der Waals surface area contributed by atoms with Gasteiger partial charge in [-0.2, -0.15) is 0 Å². The van der Waals surface area contributed by atoms with Crippen molar-refractivity contribution in [2.75, 3.05) is 25.1 Å². The van der Waals surface area contributed by atoms with E-state index in [0.717, 1.165) is 50.8 Å². The van der Waals surface area contributed by atoms with E-state index in [1.165, 1.54) is 18.9 Å². The number of aromatic nitrogens is 2. The van der Waals surface area contributed by atoms with Crippen molar-refractivity contribution in [2.45, 2.75) is 38.0 Å². The summed E-state index contributed by atoms with van der Waals surface area (Å²) in [7, 11) is 0.